The summed E-state index contributed by atoms with van der Waals surface area (Å²) in [5.74, 6) is 4.64. The molecule has 41 heavy (non-hydrogen) atoms. The molecule has 0 saturated carbocycles. The lowest BCUT2D eigenvalue weighted by molar-refractivity contribution is -0.136. The number of hydrogen-bond acceptors (Lipinski definition) is 4. The summed E-state index contributed by atoms with van der Waals surface area (Å²) < 4.78 is 38.6. The fourth-order valence-corrected chi connectivity index (χ4v) is 6.61. The summed E-state index contributed by atoms with van der Waals surface area (Å²) in [6, 6.07) is 17.0. The number of rotatable bonds is 9. The average Bonchev–Trinajstić information content (AvgIpc) is 3.13. The van der Waals surface area contributed by atoms with E-state index < -0.39 is 16.8 Å². The third kappa shape index (κ3) is 8.68. The van der Waals surface area contributed by atoms with Gasteiger partial charge in [-0.2, -0.15) is 0 Å². The molecule has 5 nitrogen and oxygen atoms in total. The number of fused-ring (bicyclic) bond motifs is 3. The van der Waals surface area contributed by atoms with E-state index in [1.54, 1.807) is 25.1 Å². The molecule has 1 aliphatic carbocycles. The summed E-state index contributed by atoms with van der Waals surface area (Å²) in [7, 11) is -0.663. The molecular weight excluding hydrogens is 539 g/mol. The molecule has 1 fully saturated rings. The molecule has 0 bridgehead atoms. The van der Waals surface area contributed by atoms with E-state index in [1.807, 2.05) is 24.3 Å². The lowest BCUT2D eigenvalue weighted by atomic mass is 9.94. The second-order valence-corrected chi connectivity index (χ2v) is 12.2. The number of aryl methyl sites for hydroxylation is 3. The SMILES string of the molecule is C#CC.O=C(O)CCc1ccc(OCc2cc3c(cc2F)CCCc2cc(OCC4CCS(=O)CC4)ccc2-3)cc1. The maximum absolute atomic E-state index is 15.0. The fraction of sp³-hybridized carbons (Fsp3) is 0.382. The van der Waals surface area contributed by atoms with E-state index in [1.165, 1.54) is 5.56 Å². The predicted octanol–water partition coefficient (Wildman–Crippen LogP) is 6.75. The van der Waals surface area contributed by atoms with Crippen LogP contribution in [0.25, 0.3) is 11.1 Å². The van der Waals surface area contributed by atoms with Crippen LogP contribution in [0.1, 0.15) is 54.9 Å². The van der Waals surface area contributed by atoms with Gasteiger partial charge in [0.25, 0.3) is 0 Å². The Morgan fingerprint density at radius 2 is 1.66 bits per heavy atom. The van der Waals surface area contributed by atoms with Gasteiger partial charge in [0.2, 0.25) is 0 Å². The lowest BCUT2D eigenvalue weighted by Crippen LogP contribution is -2.23. The first-order chi connectivity index (χ1) is 19.9. The Labute approximate surface area is 244 Å². The molecule has 1 heterocycles. The molecule has 1 aliphatic heterocycles. The quantitative estimate of drug-likeness (QED) is 0.285. The molecule has 0 atom stereocenters. The Hall–Kier alpha value is -3.63. The second-order valence-electron chi connectivity index (χ2n) is 10.5. The zero-order valence-corrected chi connectivity index (χ0v) is 24.3. The summed E-state index contributed by atoms with van der Waals surface area (Å²) in [5, 5.41) is 8.85. The van der Waals surface area contributed by atoms with Gasteiger partial charge in [-0.05, 0) is 116 Å². The summed E-state index contributed by atoms with van der Waals surface area (Å²) >= 11 is 0. The van der Waals surface area contributed by atoms with Crippen molar-refractivity contribution in [1.82, 2.24) is 0 Å². The van der Waals surface area contributed by atoms with Crippen LogP contribution in [-0.4, -0.2) is 33.4 Å². The molecular formula is C34H37FO5S. The Bertz CT molecular complexity index is 1400. The topological polar surface area (TPSA) is 72.8 Å². The standard InChI is InChI=1S/C31H33FO5S.C3H4/c32-30-18-24-3-1-2-23-16-27(36-19-22-12-14-38(35)15-13-22)9-10-28(23)29(24)17-25(30)20-37-26-7-4-21(5-8-26)6-11-31(33)34;1-3-2/h4-5,7-10,16-18,22H,1-3,6,11-15,19-20H2,(H,33,34);1H,2H3. The molecule has 3 aromatic carbocycles. The van der Waals surface area contributed by atoms with Crippen molar-refractivity contribution in [3.63, 3.8) is 0 Å². The minimum absolute atomic E-state index is 0.0827. The molecule has 7 heteroatoms. The highest BCUT2D eigenvalue weighted by Gasteiger charge is 2.20. The van der Waals surface area contributed by atoms with Crippen LogP contribution in [0.15, 0.2) is 54.6 Å². The zero-order valence-electron chi connectivity index (χ0n) is 23.5. The van der Waals surface area contributed by atoms with Crippen molar-refractivity contribution in [1.29, 1.82) is 0 Å². The van der Waals surface area contributed by atoms with E-state index in [0.29, 0.717) is 30.3 Å². The molecule has 2 aliphatic rings. The van der Waals surface area contributed by atoms with E-state index in [-0.39, 0.29) is 18.8 Å². The Kier molecular flexibility index (Phi) is 11.0. The number of hydrogen-bond donors (Lipinski definition) is 1. The number of ether oxygens (including phenoxy) is 2. The largest absolute Gasteiger partial charge is 0.493 e. The van der Waals surface area contributed by atoms with Crippen molar-refractivity contribution in [2.75, 3.05) is 18.1 Å². The number of aliphatic carboxylic acids is 1. The zero-order chi connectivity index (χ0) is 29.2. The van der Waals surface area contributed by atoms with Crippen molar-refractivity contribution in [2.45, 2.75) is 58.5 Å². The smallest absolute Gasteiger partial charge is 0.303 e. The number of terminal acetylenes is 1. The molecule has 0 spiro atoms. The van der Waals surface area contributed by atoms with Gasteiger partial charge in [0.05, 0.1) is 6.61 Å². The van der Waals surface area contributed by atoms with Crippen molar-refractivity contribution in [3.05, 3.63) is 82.7 Å². The minimum atomic E-state index is -0.825. The van der Waals surface area contributed by atoms with E-state index >= 15 is 4.39 Å². The number of carboxylic acid groups (broad SMARTS) is 1. The van der Waals surface area contributed by atoms with Crippen LogP contribution < -0.4 is 9.47 Å². The first-order valence-corrected chi connectivity index (χ1v) is 15.6. The fourth-order valence-electron chi connectivity index (χ4n) is 5.21. The maximum atomic E-state index is 15.0. The number of benzene rings is 3. The normalized spacial score (nSPS) is 17.5. The number of carbonyl (C=O) groups is 1. The molecule has 1 N–H and O–H groups in total. The predicted molar refractivity (Wildman–Crippen MR) is 161 cm³/mol. The number of carboxylic acids is 1. The minimum Gasteiger partial charge on any atom is -0.493 e. The van der Waals surface area contributed by atoms with Crippen LogP contribution in [0, 0.1) is 24.1 Å². The summed E-state index contributed by atoms with van der Waals surface area (Å²) in [6.07, 6.45) is 9.72. The Balaban J connectivity index is 0.00000124. The molecule has 216 valence electrons. The van der Waals surface area contributed by atoms with Gasteiger partial charge in [-0.3, -0.25) is 9.00 Å². The van der Waals surface area contributed by atoms with Crippen molar-refractivity contribution in [3.8, 4) is 35.0 Å². The highest BCUT2D eigenvalue weighted by atomic mass is 32.2. The van der Waals surface area contributed by atoms with Crippen LogP contribution in [-0.2, 0) is 41.5 Å². The van der Waals surface area contributed by atoms with E-state index in [2.05, 4.69) is 24.5 Å². The van der Waals surface area contributed by atoms with Crippen molar-refractivity contribution in [2.24, 2.45) is 5.92 Å². The van der Waals surface area contributed by atoms with Crippen molar-refractivity contribution >= 4 is 16.8 Å². The number of halogens is 1. The molecule has 0 aromatic heterocycles. The van der Waals surface area contributed by atoms with E-state index in [9.17, 15) is 9.00 Å². The Morgan fingerprint density at radius 1 is 1.00 bits per heavy atom. The van der Waals surface area contributed by atoms with Gasteiger partial charge in [-0.1, -0.05) is 18.2 Å². The Morgan fingerprint density at radius 3 is 2.34 bits per heavy atom. The first-order valence-electron chi connectivity index (χ1n) is 14.1. The van der Waals surface area contributed by atoms with Crippen LogP contribution >= 0.6 is 0 Å². The highest BCUT2D eigenvalue weighted by molar-refractivity contribution is 7.85. The highest BCUT2D eigenvalue weighted by Crippen LogP contribution is 2.36. The van der Waals surface area contributed by atoms with Crippen LogP contribution in [0.2, 0.25) is 0 Å². The van der Waals surface area contributed by atoms with E-state index in [4.69, 9.17) is 14.6 Å². The van der Waals surface area contributed by atoms with Gasteiger partial charge in [-0.15, -0.1) is 12.3 Å². The molecule has 3 aromatic rings. The molecule has 0 unspecified atom stereocenters. The average molecular weight is 577 g/mol. The lowest BCUT2D eigenvalue weighted by Gasteiger charge is -2.22. The van der Waals surface area contributed by atoms with Gasteiger partial charge >= 0.3 is 5.97 Å². The van der Waals surface area contributed by atoms with Crippen LogP contribution in [0.3, 0.4) is 0 Å². The first kappa shape index (κ1) is 30.3. The molecule has 0 radical (unpaired) electrons. The van der Waals surface area contributed by atoms with Crippen LogP contribution in [0.4, 0.5) is 4.39 Å². The third-order valence-electron chi connectivity index (χ3n) is 7.47. The molecule has 1 saturated heterocycles. The maximum Gasteiger partial charge on any atom is 0.303 e. The van der Waals surface area contributed by atoms with Gasteiger partial charge in [0, 0.05) is 34.3 Å². The summed E-state index contributed by atoms with van der Waals surface area (Å²) in [4.78, 5) is 10.8. The van der Waals surface area contributed by atoms with Crippen LogP contribution in [0.5, 0.6) is 11.5 Å². The second kappa shape index (κ2) is 14.8. The van der Waals surface area contributed by atoms with Gasteiger partial charge in [0.1, 0.15) is 23.9 Å². The van der Waals surface area contributed by atoms with Gasteiger partial charge in [-0.25, -0.2) is 4.39 Å². The van der Waals surface area contributed by atoms with E-state index in [0.717, 1.165) is 71.6 Å². The molecule has 5 rings (SSSR count). The summed E-state index contributed by atoms with van der Waals surface area (Å²) in [5.41, 5.74) is 5.80. The van der Waals surface area contributed by atoms with Gasteiger partial charge < -0.3 is 14.6 Å². The monoisotopic (exact) mass is 576 g/mol. The van der Waals surface area contributed by atoms with Gasteiger partial charge in [0.15, 0.2) is 0 Å². The summed E-state index contributed by atoms with van der Waals surface area (Å²) in [6.45, 7) is 2.41. The third-order valence-corrected chi connectivity index (χ3v) is 8.85. The molecule has 0 amide bonds. The van der Waals surface area contributed by atoms with Crippen molar-refractivity contribution < 1.29 is 28.0 Å².